The Morgan fingerprint density at radius 3 is 2.44 bits per heavy atom. The Morgan fingerprint density at radius 2 is 1.79 bits per heavy atom. The molecule has 0 bridgehead atoms. The molecule has 1 aliphatic rings. The van der Waals surface area contributed by atoms with Crippen LogP contribution in [0.4, 0.5) is 5.69 Å². The van der Waals surface area contributed by atoms with E-state index in [9.17, 15) is 9.59 Å². The molecule has 34 heavy (non-hydrogen) atoms. The SMILES string of the molecule is COc1ccc(OC(=O)CC/C(C)=C/Cc2c(N)c3c(c(C)c2OC)COC3=O)c(Cl)c1OC. The molecule has 0 atom stereocenters. The summed E-state index contributed by atoms with van der Waals surface area (Å²) in [6.45, 7) is 3.99. The Morgan fingerprint density at radius 1 is 1.12 bits per heavy atom. The number of hydrogen-bond acceptors (Lipinski definition) is 8. The number of methoxy groups -OCH3 is 3. The van der Waals surface area contributed by atoms with Gasteiger partial charge in [0.25, 0.3) is 0 Å². The van der Waals surface area contributed by atoms with E-state index in [0.29, 0.717) is 41.3 Å². The zero-order chi connectivity index (χ0) is 25.0. The number of benzene rings is 2. The Bertz CT molecular complexity index is 1160. The number of carbonyl (C=O) groups is 2. The molecule has 182 valence electrons. The van der Waals surface area contributed by atoms with Crippen molar-refractivity contribution < 1.29 is 33.3 Å². The minimum absolute atomic E-state index is 0.148. The average molecular weight is 490 g/mol. The van der Waals surface area contributed by atoms with Gasteiger partial charge in [-0.3, -0.25) is 4.79 Å². The molecular formula is C25H28ClNO7. The number of allylic oxidation sites excluding steroid dienone is 2. The molecule has 9 heteroatoms. The van der Waals surface area contributed by atoms with Crippen LogP contribution in [0.25, 0.3) is 0 Å². The fraction of sp³-hybridized carbons (Fsp3) is 0.360. The van der Waals surface area contributed by atoms with Crippen molar-refractivity contribution in [2.24, 2.45) is 0 Å². The minimum atomic E-state index is -0.435. The lowest BCUT2D eigenvalue weighted by atomic mass is 9.94. The van der Waals surface area contributed by atoms with Crippen LogP contribution in [0.3, 0.4) is 0 Å². The second-order valence-corrected chi connectivity index (χ2v) is 8.20. The first kappa shape index (κ1) is 25.2. The molecule has 1 aliphatic heterocycles. The lowest BCUT2D eigenvalue weighted by Gasteiger charge is -2.16. The summed E-state index contributed by atoms with van der Waals surface area (Å²) in [6, 6.07) is 3.17. The van der Waals surface area contributed by atoms with Crippen molar-refractivity contribution >= 4 is 29.2 Å². The summed E-state index contributed by atoms with van der Waals surface area (Å²) in [6.07, 6.45) is 3.02. The van der Waals surface area contributed by atoms with Crippen molar-refractivity contribution in [2.45, 2.75) is 39.7 Å². The van der Waals surface area contributed by atoms with Gasteiger partial charge in [-0.2, -0.15) is 0 Å². The predicted octanol–water partition coefficient (Wildman–Crippen LogP) is 4.80. The summed E-state index contributed by atoms with van der Waals surface area (Å²) in [5.41, 5.74) is 10.4. The summed E-state index contributed by atoms with van der Waals surface area (Å²) >= 11 is 6.27. The monoisotopic (exact) mass is 489 g/mol. The van der Waals surface area contributed by atoms with E-state index in [1.54, 1.807) is 19.2 Å². The number of cyclic esters (lactones) is 1. The first-order chi connectivity index (χ1) is 16.2. The normalized spacial score (nSPS) is 12.8. The summed E-state index contributed by atoms with van der Waals surface area (Å²) < 4.78 is 26.5. The quantitative estimate of drug-likeness (QED) is 0.231. The predicted molar refractivity (Wildman–Crippen MR) is 128 cm³/mol. The molecule has 0 spiro atoms. The van der Waals surface area contributed by atoms with Crippen molar-refractivity contribution in [3.05, 3.63) is 51.1 Å². The minimum Gasteiger partial charge on any atom is -0.496 e. The van der Waals surface area contributed by atoms with Crippen LogP contribution in [-0.4, -0.2) is 33.3 Å². The van der Waals surface area contributed by atoms with Crippen molar-refractivity contribution in [3.63, 3.8) is 0 Å². The number of fused-ring (bicyclic) bond motifs is 1. The molecule has 1 heterocycles. The molecular weight excluding hydrogens is 462 g/mol. The van der Waals surface area contributed by atoms with Gasteiger partial charge in [0.05, 0.1) is 32.6 Å². The van der Waals surface area contributed by atoms with Gasteiger partial charge >= 0.3 is 11.9 Å². The molecule has 2 aromatic rings. The van der Waals surface area contributed by atoms with E-state index >= 15 is 0 Å². The molecule has 3 rings (SSSR count). The highest BCUT2D eigenvalue weighted by molar-refractivity contribution is 6.34. The third-order valence-electron chi connectivity index (χ3n) is 5.77. The van der Waals surface area contributed by atoms with E-state index in [-0.39, 0.29) is 23.8 Å². The number of carbonyl (C=O) groups excluding carboxylic acids is 2. The van der Waals surface area contributed by atoms with Crippen molar-refractivity contribution in [3.8, 4) is 23.0 Å². The van der Waals surface area contributed by atoms with E-state index in [0.717, 1.165) is 22.3 Å². The lowest BCUT2D eigenvalue weighted by Crippen LogP contribution is -2.09. The van der Waals surface area contributed by atoms with E-state index in [1.807, 2.05) is 19.9 Å². The van der Waals surface area contributed by atoms with Crippen LogP contribution >= 0.6 is 11.6 Å². The fourth-order valence-electron chi connectivity index (χ4n) is 3.89. The van der Waals surface area contributed by atoms with Crippen molar-refractivity contribution in [1.29, 1.82) is 0 Å². The van der Waals surface area contributed by atoms with Gasteiger partial charge in [-0.05, 0) is 44.4 Å². The molecule has 2 N–H and O–H groups in total. The highest BCUT2D eigenvalue weighted by atomic mass is 35.5. The highest BCUT2D eigenvalue weighted by Gasteiger charge is 2.30. The third-order valence-corrected chi connectivity index (χ3v) is 6.13. The number of nitrogens with two attached hydrogens (primary N) is 1. The summed E-state index contributed by atoms with van der Waals surface area (Å²) in [5, 5.41) is 0.163. The number of hydrogen-bond donors (Lipinski definition) is 1. The molecule has 0 aromatic heterocycles. The third kappa shape index (κ3) is 4.92. The number of ether oxygens (including phenoxy) is 5. The number of esters is 2. The van der Waals surface area contributed by atoms with Gasteiger partial charge in [-0.15, -0.1) is 0 Å². The van der Waals surface area contributed by atoms with Gasteiger partial charge in [-0.1, -0.05) is 23.3 Å². The zero-order valence-corrected chi connectivity index (χ0v) is 20.6. The van der Waals surface area contributed by atoms with Crippen LogP contribution in [0.5, 0.6) is 23.0 Å². The zero-order valence-electron chi connectivity index (χ0n) is 19.9. The molecule has 0 aliphatic carbocycles. The van der Waals surface area contributed by atoms with Gasteiger partial charge in [0.1, 0.15) is 17.4 Å². The van der Waals surface area contributed by atoms with Gasteiger partial charge in [0.2, 0.25) is 0 Å². The average Bonchev–Trinajstić information content (AvgIpc) is 3.22. The number of halogens is 1. The Kier molecular flexibility index (Phi) is 7.94. The standard InChI is InChI=1S/C25H28ClNO7/c1-13(7-11-19(28)34-17-9-10-18(30-3)24(32-5)21(17)26)6-8-15-22(27)20-16(12-33-25(20)29)14(2)23(15)31-4/h6,9-10H,7-8,11-12,27H2,1-5H3/b13-6+. The summed E-state index contributed by atoms with van der Waals surface area (Å²) in [7, 11) is 4.52. The first-order valence-corrected chi connectivity index (χ1v) is 11.0. The fourth-order valence-corrected chi connectivity index (χ4v) is 4.16. The smallest absolute Gasteiger partial charge is 0.341 e. The number of nitrogen functional groups attached to an aromatic ring is 1. The van der Waals surface area contributed by atoms with Gasteiger partial charge in [0.15, 0.2) is 17.2 Å². The van der Waals surface area contributed by atoms with Crippen LogP contribution in [0.2, 0.25) is 5.02 Å². The molecule has 0 fully saturated rings. The summed E-state index contributed by atoms with van der Waals surface area (Å²) in [5.74, 6) is 0.721. The van der Waals surface area contributed by atoms with E-state index in [1.165, 1.54) is 14.2 Å². The van der Waals surface area contributed by atoms with Gasteiger partial charge < -0.3 is 29.4 Å². The molecule has 0 amide bonds. The highest BCUT2D eigenvalue weighted by Crippen LogP contribution is 2.42. The van der Waals surface area contributed by atoms with E-state index in [2.05, 4.69) is 0 Å². The molecule has 2 aromatic carbocycles. The Labute approximate surface area is 203 Å². The van der Waals surface area contributed by atoms with Gasteiger partial charge in [-0.25, -0.2) is 4.79 Å². The second-order valence-electron chi connectivity index (χ2n) is 7.82. The Hall–Kier alpha value is -3.39. The van der Waals surface area contributed by atoms with E-state index in [4.69, 9.17) is 41.0 Å². The summed E-state index contributed by atoms with van der Waals surface area (Å²) in [4.78, 5) is 24.5. The largest absolute Gasteiger partial charge is 0.496 e. The van der Waals surface area contributed by atoms with Crippen LogP contribution in [0, 0.1) is 6.92 Å². The molecule has 0 saturated carbocycles. The van der Waals surface area contributed by atoms with Crippen molar-refractivity contribution in [2.75, 3.05) is 27.1 Å². The van der Waals surface area contributed by atoms with Crippen LogP contribution in [-0.2, 0) is 22.6 Å². The second kappa shape index (κ2) is 10.7. The van der Waals surface area contributed by atoms with Crippen molar-refractivity contribution in [1.82, 2.24) is 0 Å². The van der Waals surface area contributed by atoms with E-state index < -0.39 is 11.9 Å². The van der Waals surface area contributed by atoms with Crippen LogP contribution < -0.4 is 24.7 Å². The lowest BCUT2D eigenvalue weighted by molar-refractivity contribution is -0.134. The van der Waals surface area contributed by atoms with Crippen LogP contribution in [0.1, 0.15) is 46.8 Å². The maximum absolute atomic E-state index is 12.4. The Balaban J connectivity index is 1.68. The molecule has 0 saturated heterocycles. The maximum Gasteiger partial charge on any atom is 0.341 e. The maximum atomic E-state index is 12.4. The first-order valence-electron chi connectivity index (χ1n) is 10.6. The number of anilines is 1. The van der Waals surface area contributed by atoms with Gasteiger partial charge in [0, 0.05) is 17.5 Å². The topological polar surface area (TPSA) is 106 Å². The molecule has 0 unspecified atom stereocenters. The molecule has 8 nitrogen and oxygen atoms in total. The number of rotatable bonds is 9. The molecule has 0 radical (unpaired) electrons. The van der Waals surface area contributed by atoms with Crippen LogP contribution in [0.15, 0.2) is 23.8 Å².